The zero-order valence-electron chi connectivity index (χ0n) is 9.93. The second-order valence-electron chi connectivity index (χ2n) is 4.28. The Bertz CT molecular complexity index is 522. The van der Waals surface area contributed by atoms with Crippen LogP contribution < -0.4 is 0 Å². The Hall–Kier alpha value is -2.45. The van der Waals surface area contributed by atoms with Crippen LogP contribution in [0.4, 0.5) is 5.82 Å². The maximum atomic E-state index is 11.9. The van der Waals surface area contributed by atoms with E-state index in [1.165, 1.54) is 17.2 Å². The van der Waals surface area contributed by atoms with Crippen molar-refractivity contribution in [2.24, 2.45) is 0 Å². The minimum Gasteiger partial charge on any atom is -0.480 e. The molecule has 1 fully saturated rings. The van der Waals surface area contributed by atoms with E-state index in [4.69, 9.17) is 5.11 Å². The lowest BCUT2D eigenvalue weighted by Gasteiger charge is -2.19. The van der Waals surface area contributed by atoms with Gasteiger partial charge < -0.3 is 20.1 Å². The molecule has 1 heterocycles. The molecule has 1 N–H and O–H groups in total. The van der Waals surface area contributed by atoms with Gasteiger partial charge in [-0.1, -0.05) is 0 Å². The predicted molar refractivity (Wildman–Crippen MR) is 61.3 cm³/mol. The van der Waals surface area contributed by atoms with Gasteiger partial charge >= 0.3 is 11.8 Å². The van der Waals surface area contributed by atoms with Crippen LogP contribution in [0.25, 0.3) is 0 Å². The highest BCUT2D eigenvalue weighted by Crippen LogP contribution is 2.26. The summed E-state index contributed by atoms with van der Waals surface area (Å²) in [7, 11) is 0. The second-order valence-corrected chi connectivity index (χ2v) is 4.28. The zero-order chi connectivity index (χ0) is 14.0. The fraction of sp³-hybridized carbons (Fsp3) is 0.500. The highest BCUT2D eigenvalue weighted by atomic mass is 16.6. The summed E-state index contributed by atoms with van der Waals surface area (Å²) in [6, 6.07) is 1.15. The highest BCUT2D eigenvalue weighted by Gasteiger charge is 2.34. The summed E-state index contributed by atoms with van der Waals surface area (Å²) in [4.78, 5) is 33.7. The van der Waals surface area contributed by atoms with Gasteiger partial charge in [-0.15, -0.1) is 0 Å². The standard InChI is InChI=1S/C10H12N4O5/c15-9(13(6-10(16)17)7-1-2-7)5-12-4-3-8(11-12)14(18)19/h3-4,7H,1-2,5-6H2,(H,16,17). The number of hydrogen-bond donors (Lipinski definition) is 1. The molecule has 9 nitrogen and oxygen atoms in total. The van der Waals surface area contributed by atoms with Gasteiger partial charge in [0.15, 0.2) is 0 Å². The smallest absolute Gasteiger partial charge is 0.389 e. The lowest BCUT2D eigenvalue weighted by molar-refractivity contribution is -0.389. The predicted octanol–water partition coefficient (Wildman–Crippen LogP) is -0.133. The molecule has 1 aliphatic carbocycles. The largest absolute Gasteiger partial charge is 0.480 e. The Kier molecular flexibility index (Phi) is 3.45. The Labute approximate surface area is 107 Å². The normalized spacial score (nSPS) is 14.1. The Morgan fingerprint density at radius 2 is 2.26 bits per heavy atom. The number of nitro groups is 1. The van der Waals surface area contributed by atoms with E-state index in [1.807, 2.05) is 0 Å². The molecular weight excluding hydrogens is 256 g/mol. The van der Waals surface area contributed by atoms with Gasteiger partial charge in [-0.25, -0.2) is 0 Å². The minimum absolute atomic E-state index is 0.0332. The number of carbonyl (C=O) groups excluding carboxylic acids is 1. The Morgan fingerprint density at radius 3 is 2.74 bits per heavy atom. The van der Waals surface area contributed by atoms with Gasteiger partial charge in [-0.05, 0) is 17.8 Å². The van der Waals surface area contributed by atoms with E-state index in [0.29, 0.717) is 0 Å². The van der Waals surface area contributed by atoms with Crippen LogP contribution in [0.2, 0.25) is 0 Å². The van der Waals surface area contributed by atoms with Gasteiger partial charge in [-0.2, -0.15) is 4.68 Å². The van der Waals surface area contributed by atoms with Crippen molar-refractivity contribution in [2.45, 2.75) is 25.4 Å². The first-order valence-corrected chi connectivity index (χ1v) is 5.66. The molecular formula is C10H12N4O5. The van der Waals surface area contributed by atoms with E-state index >= 15 is 0 Å². The lowest BCUT2D eigenvalue weighted by Crippen LogP contribution is -2.39. The summed E-state index contributed by atoms with van der Waals surface area (Å²) in [6.45, 7) is -0.551. The van der Waals surface area contributed by atoms with Crippen LogP contribution in [0, 0.1) is 10.1 Å². The first-order chi connectivity index (χ1) is 8.97. The van der Waals surface area contributed by atoms with Gasteiger partial charge in [0, 0.05) is 6.04 Å². The van der Waals surface area contributed by atoms with Crippen LogP contribution in [0.3, 0.4) is 0 Å². The number of amides is 1. The minimum atomic E-state index is -1.08. The molecule has 1 aromatic heterocycles. The molecule has 0 saturated heterocycles. The molecule has 1 amide bonds. The van der Waals surface area contributed by atoms with Gasteiger partial charge in [-0.3, -0.25) is 9.59 Å². The SMILES string of the molecule is O=C(O)CN(C(=O)Cn1ccc([N+](=O)[O-])n1)C1CC1. The molecule has 0 radical (unpaired) electrons. The van der Waals surface area contributed by atoms with Crippen LogP contribution in [0.15, 0.2) is 12.3 Å². The third-order valence-electron chi connectivity index (χ3n) is 2.72. The molecule has 1 aliphatic rings. The van der Waals surface area contributed by atoms with E-state index in [9.17, 15) is 19.7 Å². The molecule has 0 atom stereocenters. The quantitative estimate of drug-likeness (QED) is 0.567. The summed E-state index contributed by atoms with van der Waals surface area (Å²) < 4.78 is 1.14. The maximum absolute atomic E-state index is 11.9. The van der Waals surface area contributed by atoms with E-state index in [1.54, 1.807) is 0 Å². The van der Waals surface area contributed by atoms with Crippen molar-refractivity contribution in [3.05, 3.63) is 22.4 Å². The van der Waals surface area contributed by atoms with Crippen molar-refractivity contribution in [1.82, 2.24) is 14.7 Å². The molecule has 1 aromatic rings. The first kappa shape index (κ1) is 13.0. The van der Waals surface area contributed by atoms with E-state index in [-0.39, 0.29) is 24.9 Å². The lowest BCUT2D eigenvalue weighted by atomic mass is 10.4. The summed E-state index contributed by atoms with van der Waals surface area (Å²) in [5, 5.41) is 22.8. The number of hydrogen-bond acceptors (Lipinski definition) is 5. The maximum Gasteiger partial charge on any atom is 0.389 e. The fourth-order valence-electron chi connectivity index (χ4n) is 1.72. The molecule has 2 rings (SSSR count). The van der Waals surface area contributed by atoms with Crippen LogP contribution in [0.5, 0.6) is 0 Å². The van der Waals surface area contributed by atoms with Crippen molar-refractivity contribution in [2.75, 3.05) is 6.54 Å². The monoisotopic (exact) mass is 268 g/mol. The summed E-state index contributed by atoms with van der Waals surface area (Å²) >= 11 is 0. The average molecular weight is 268 g/mol. The molecule has 0 aromatic carbocycles. The number of aromatic nitrogens is 2. The molecule has 0 bridgehead atoms. The van der Waals surface area contributed by atoms with E-state index < -0.39 is 16.8 Å². The van der Waals surface area contributed by atoms with Crippen LogP contribution in [-0.4, -0.2) is 49.2 Å². The molecule has 0 aliphatic heterocycles. The van der Waals surface area contributed by atoms with Crippen molar-refractivity contribution >= 4 is 17.7 Å². The van der Waals surface area contributed by atoms with Gasteiger partial charge in [0.05, 0.1) is 17.4 Å². The van der Waals surface area contributed by atoms with Crippen molar-refractivity contribution in [3.63, 3.8) is 0 Å². The Balaban J connectivity index is 2.01. The van der Waals surface area contributed by atoms with E-state index in [0.717, 1.165) is 17.5 Å². The van der Waals surface area contributed by atoms with Crippen molar-refractivity contribution in [1.29, 1.82) is 0 Å². The van der Waals surface area contributed by atoms with Crippen molar-refractivity contribution in [3.8, 4) is 0 Å². The third kappa shape index (κ3) is 3.27. The summed E-state index contributed by atoms with van der Waals surface area (Å²) in [5.74, 6) is -1.82. The number of aliphatic carboxylic acids is 1. The fourth-order valence-corrected chi connectivity index (χ4v) is 1.72. The third-order valence-corrected chi connectivity index (χ3v) is 2.72. The topological polar surface area (TPSA) is 119 Å². The summed E-state index contributed by atoms with van der Waals surface area (Å²) in [6.07, 6.45) is 2.90. The molecule has 9 heteroatoms. The van der Waals surface area contributed by atoms with Crippen molar-refractivity contribution < 1.29 is 19.6 Å². The van der Waals surface area contributed by atoms with Gasteiger partial charge in [0.1, 0.15) is 13.1 Å². The number of carboxylic acid groups (broad SMARTS) is 1. The van der Waals surface area contributed by atoms with Crippen LogP contribution in [-0.2, 0) is 16.1 Å². The van der Waals surface area contributed by atoms with Crippen LogP contribution >= 0.6 is 0 Å². The molecule has 19 heavy (non-hydrogen) atoms. The molecule has 0 unspecified atom stereocenters. The molecule has 0 spiro atoms. The van der Waals surface area contributed by atoms with Gasteiger partial charge in [0.25, 0.3) is 0 Å². The zero-order valence-corrected chi connectivity index (χ0v) is 9.93. The van der Waals surface area contributed by atoms with Gasteiger partial charge in [0.2, 0.25) is 5.91 Å². The number of carboxylic acids is 1. The number of carbonyl (C=O) groups is 2. The number of nitrogens with zero attached hydrogens (tertiary/aromatic N) is 4. The Morgan fingerprint density at radius 1 is 1.58 bits per heavy atom. The van der Waals surface area contributed by atoms with Crippen LogP contribution in [0.1, 0.15) is 12.8 Å². The first-order valence-electron chi connectivity index (χ1n) is 5.66. The highest BCUT2D eigenvalue weighted by molar-refractivity contribution is 5.81. The molecule has 102 valence electrons. The average Bonchev–Trinajstić information content (AvgIpc) is 3.05. The second kappa shape index (κ2) is 5.04. The van der Waals surface area contributed by atoms with E-state index in [2.05, 4.69) is 5.10 Å². The number of rotatable bonds is 6. The summed E-state index contributed by atoms with van der Waals surface area (Å²) in [5.41, 5.74) is 0. The molecule has 1 saturated carbocycles.